The number of pyridine rings is 2. The van der Waals surface area contributed by atoms with Gasteiger partial charge in [0.05, 0.1) is 11.4 Å². The molecule has 4 heteroatoms. The van der Waals surface area contributed by atoms with Crippen LogP contribution in [0.4, 0.5) is 5.69 Å². The molecule has 4 aromatic carbocycles. The summed E-state index contributed by atoms with van der Waals surface area (Å²) in [5, 5.41) is 2.22. The number of aliphatic imine (C=N–C) groups is 1. The number of aromatic nitrogens is 3. The lowest BCUT2D eigenvalue weighted by Gasteiger charge is -2.09. The largest absolute Gasteiger partial charge is 0.284 e. The lowest BCUT2D eigenvalue weighted by molar-refractivity contribution is 1.19. The van der Waals surface area contributed by atoms with E-state index in [-0.39, 0.29) is 0 Å². The maximum absolute atomic E-state index is 5.12. The Morgan fingerprint density at radius 2 is 1.28 bits per heavy atom. The molecule has 0 unspecified atom stereocenters. The molecule has 0 fully saturated rings. The summed E-state index contributed by atoms with van der Waals surface area (Å²) in [6.45, 7) is 4.15. The van der Waals surface area contributed by atoms with Crippen LogP contribution >= 0.6 is 0 Å². The van der Waals surface area contributed by atoms with Gasteiger partial charge in [-0.15, -0.1) is 0 Å². The minimum absolute atomic E-state index is 0.877. The average molecular weight is 503 g/mol. The number of benzene rings is 4. The van der Waals surface area contributed by atoms with Crippen molar-refractivity contribution in [3.8, 4) is 22.4 Å². The van der Waals surface area contributed by atoms with Crippen LogP contribution in [0.3, 0.4) is 0 Å². The molecular weight excluding hydrogens is 476 g/mol. The number of hydrogen-bond donors (Lipinski definition) is 0. The minimum Gasteiger partial charge on any atom is -0.284 e. The average Bonchev–Trinajstić information content (AvgIpc) is 3.37. The van der Waals surface area contributed by atoms with E-state index in [1.807, 2.05) is 36.5 Å². The highest BCUT2D eigenvalue weighted by Crippen LogP contribution is 2.33. The highest BCUT2D eigenvalue weighted by molar-refractivity contribution is 6.09. The smallest absolute Gasteiger partial charge is 0.165 e. The topological polar surface area (TPSA) is 42.5 Å². The van der Waals surface area contributed by atoms with E-state index >= 15 is 0 Å². The number of fused-ring (bicyclic) bond motifs is 5. The fraction of sp³-hybridized carbons (Fsp3) is 0.0571. The van der Waals surface area contributed by atoms with E-state index < -0.39 is 0 Å². The molecule has 7 aromatic rings. The molecule has 0 aliphatic heterocycles. The highest BCUT2D eigenvalue weighted by atomic mass is 15.1. The molecule has 0 amide bonds. The molecule has 0 aliphatic carbocycles. The number of hydrogen-bond acceptors (Lipinski definition) is 3. The Morgan fingerprint density at radius 3 is 2.05 bits per heavy atom. The van der Waals surface area contributed by atoms with Crippen LogP contribution in [-0.2, 0) is 0 Å². The first-order valence-corrected chi connectivity index (χ1v) is 13.1. The van der Waals surface area contributed by atoms with Crippen molar-refractivity contribution in [1.82, 2.24) is 14.4 Å². The van der Waals surface area contributed by atoms with Gasteiger partial charge in [-0.1, -0.05) is 97.1 Å². The Bertz CT molecular complexity index is 2010. The quantitative estimate of drug-likeness (QED) is 0.226. The third kappa shape index (κ3) is 4.07. The zero-order chi connectivity index (χ0) is 26.3. The first kappa shape index (κ1) is 23.1. The van der Waals surface area contributed by atoms with Crippen LogP contribution in [0.5, 0.6) is 0 Å². The van der Waals surface area contributed by atoms with Crippen molar-refractivity contribution >= 4 is 39.0 Å². The number of para-hydroxylation sites is 1. The SMILES string of the molecule is C/C(=N\c1ccccc1C)c1ccc(-c2ccc(-c3nc4c(nc5ccccn54)c4ccccc34)cc2)cc1. The Labute approximate surface area is 227 Å². The third-order valence-corrected chi connectivity index (χ3v) is 7.36. The maximum Gasteiger partial charge on any atom is 0.165 e. The molecule has 0 radical (unpaired) electrons. The summed E-state index contributed by atoms with van der Waals surface area (Å²) in [7, 11) is 0. The van der Waals surface area contributed by atoms with Crippen LogP contribution in [0.2, 0.25) is 0 Å². The van der Waals surface area contributed by atoms with E-state index in [1.165, 1.54) is 16.7 Å². The van der Waals surface area contributed by atoms with Gasteiger partial charge in [-0.05, 0) is 54.3 Å². The van der Waals surface area contributed by atoms with E-state index in [0.717, 1.165) is 55.8 Å². The normalized spacial score (nSPS) is 12.0. The van der Waals surface area contributed by atoms with Crippen LogP contribution in [0, 0.1) is 6.92 Å². The molecule has 0 aliphatic rings. The van der Waals surface area contributed by atoms with Crippen LogP contribution in [0.15, 0.2) is 126 Å². The fourth-order valence-corrected chi connectivity index (χ4v) is 5.21. The standard InChI is InChI=1S/C35H26N4/c1-23-9-3-6-12-31(23)36-24(2)25-14-16-26(17-15-25)27-18-20-28(21-19-27)33-29-10-4-5-11-30(29)34-35(38-33)39-22-8-7-13-32(39)37-34/h3-22H,1-2H3/b36-24+. The van der Waals surface area contributed by atoms with E-state index in [0.29, 0.717) is 0 Å². The van der Waals surface area contributed by atoms with E-state index in [2.05, 4.69) is 103 Å². The first-order valence-electron chi connectivity index (χ1n) is 13.1. The van der Waals surface area contributed by atoms with Crippen LogP contribution in [0.25, 0.3) is 50.0 Å². The van der Waals surface area contributed by atoms with Gasteiger partial charge in [-0.3, -0.25) is 9.39 Å². The van der Waals surface area contributed by atoms with Crippen molar-refractivity contribution in [3.63, 3.8) is 0 Å². The number of nitrogens with zero attached hydrogens (tertiary/aromatic N) is 4. The molecule has 3 heterocycles. The van der Waals surface area contributed by atoms with Gasteiger partial charge in [0, 0.05) is 28.2 Å². The van der Waals surface area contributed by atoms with Gasteiger partial charge in [-0.2, -0.15) is 0 Å². The second-order valence-corrected chi connectivity index (χ2v) is 9.86. The third-order valence-electron chi connectivity index (χ3n) is 7.36. The van der Waals surface area contributed by atoms with E-state index in [1.54, 1.807) is 0 Å². The summed E-state index contributed by atoms with van der Waals surface area (Å²) < 4.78 is 2.06. The summed E-state index contributed by atoms with van der Waals surface area (Å²) in [5.41, 5.74) is 11.4. The summed E-state index contributed by atoms with van der Waals surface area (Å²) in [6.07, 6.45) is 2.02. The van der Waals surface area contributed by atoms with Gasteiger partial charge >= 0.3 is 0 Å². The van der Waals surface area contributed by atoms with Crippen LogP contribution in [-0.4, -0.2) is 20.1 Å². The highest BCUT2D eigenvalue weighted by Gasteiger charge is 2.15. The summed E-state index contributed by atoms with van der Waals surface area (Å²) in [5.74, 6) is 0. The summed E-state index contributed by atoms with van der Waals surface area (Å²) >= 11 is 0. The zero-order valence-electron chi connectivity index (χ0n) is 21.8. The van der Waals surface area contributed by atoms with Gasteiger partial charge in [0.15, 0.2) is 5.65 Å². The molecule has 186 valence electrons. The lowest BCUT2D eigenvalue weighted by atomic mass is 9.98. The molecule has 4 nitrogen and oxygen atoms in total. The number of imidazole rings is 1. The summed E-state index contributed by atoms with van der Waals surface area (Å²) in [4.78, 5) is 14.8. The number of aryl methyl sites for hydroxylation is 1. The molecule has 39 heavy (non-hydrogen) atoms. The summed E-state index contributed by atoms with van der Waals surface area (Å²) in [6, 6.07) is 40.0. The van der Waals surface area contributed by atoms with Crippen LogP contribution in [0.1, 0.15) is 18.1 Å². The Hall–Kier alpha value is -5.09. The molecular formula is C35H26N4. The van der Waals surface area contributed by atoms with Crippen molar-refractivity contribution in [2.24, 2.45) is 4.99 Å². The van der Waals surface area contributed by atoms with Crippen molar-refractivity contribution < 1.29 is 0 Å². The number of rotatable bonds is 4. The maximum atomic E-state index is 5.12. The van der Waals surface area contributed by atoms with Crippen molar-refractivity contribution in [2.75, 3.05) is 0 Å². The van der Waals surface area contributed by atoms with Crippen molar-refractivity contribution in [1.29, 1.82) is 0 Å². The van der Waals surface area contributed by atoms with Gasteiger partial charge < -0.3 is 0 Å². The van der Waals surface area contributed by atoms with Crippen molar-refractivity contribution in [3.05, 3.63) is 133 Å². The molecule has 0 saturated heterocycles. The first-order chi connectivity index (χ1) is 19.2. The predicted molar refractivity (Wildman–Crippen MR) is 162 cm³/mol. The van der Waals surface area contributed by atoms with Crippen LogP contribution < -0.4 is 0 Å². The van der Waals surface area contributed by atoms with Gasteiger partial charge in [0.1, 0.15) is 11.2 Å². The van der Waals surface area contributed by atoms with Crippen molar-refractivity contribution in [2.45, 2.75) is 13.8 Å². The Morgan fingerprint density at radius 1 is 0.641 bits per heavy atom. The zero-order valence-corrected chi connectivity index (χ0v) is 21.8. The molecule has 0 saturated carbocycles. The fourth-order valence-electron chi connectivity index (χ4n) is 5.21. The molecule has 0 N–H and O–H groups in total. The lowest BCUT2D eigenvalue weighted by Crippen LogP contribution is -1.94. The minimum atomic E-state index is 0.877. The van der Waals surface area contributed by atoms with E-state index in [9.17, 15) is 0 Å². The van der Waals surface area contributed by atoms with E-state index in [4.69, 9.17) is 15.0 Å². The molecule has 0 atom stereocenters. The second kappa shape index (κ2) is 9.34. The second-order valence-electron chi connectivity index (χ2n) is 9.86. The van der Waals surface area contributed by atoms with Gasteiger partial charge in [0.25, 0.3) is 0 Å². The molecule has 0 bridgehead atoms. The molecule has 7 rings (SSSR count). The monoisotopic (exact) mass is 502 g/mol. The van der Waals surface area contributed by atoms with Gasteiger partial charge in [0.2, 0.25) is 0 Å². The molecule has 3 aromatic heterocycles. The molecule has 0 spiro atoms. The predicted octanol–water partition coefficient (Wildman–Crippen LogP) is 8.82. The Balaban J connectivity index is 1.24. The van der Waals surface area contributed by atoms with Gasteiger partial charge in [-0.25, -0.2) is 9.97 Å². The Kier molecular flexibility index (Phi) is 5.52.